The van der Waals surface area contributed by atoms with Crippen molar-refractivity contribution >= 4 is 17.2 Å². The van der Waals surface area contributed by atoms with Crippen LogP contribution in [0.15, 0.2) is 21.9 Å². The average molecular weight is 295 g/mol. The summed E-state index contributed by atoms with van der Waals surface area (Å²) in [6.07, 6.45) is 0.957. The molecule has 0 aliphatic carbocycles. The van der Waals surface area contributed by atoms with E-state index in [-0.39, 0.29) is 11.9 Å². The fraction of sp³-hybridized carbons (Fsp3) is 0.462. The molecule has 0 saturated carbocycles. The van der Waals surface area contributed by atoms with Crippen LogP contribution in [0.25, 0.3) is 10.8 Å². The number of quaternary nitrogens is 1. The number of primary amides is 1. The summed E-state index contributed by atoms with van der Waals surface area (Å²) in [4.78, 5) is 13.3. The summed E-state index contributed by atoms with van der Waals surface area (Å²) in [5, 5.41) is 10.1. The number of rotatable bonds is 7. The molecule has 2 aromatic heterocycles. The van der Waals surface area contributed by atoms with Crippen molar-refractivity contribution in [3.8, 4) is 10.8 Å². The second-order valence-corrected chi connectivity index (χ2v) is 5.64. The molecule has 1 unspecified atom stereocenters. The number of carbonyl (C=O) groups excluding carboxylic acids is 1. The molecule has 20 heavy (non-hydrogen) atoms. The van der Waals surface area contributed by atoms with Crippen molar-refractivity contribution in [2.75, 3.05) is 6.54 Å². The van der Waals surface area contributed by atoms with Gasteiger partial charge in [-0.1, -0.05) is 13.0 Å². The van der Waals surface area contributed by atoms with Gasteiger partial charge in [0.2, 0.25) is 0 Å². The highest BCUT2D eigenvalue weighted by molar-refractivity contribution is 7.13. The number of nitrogens with zero attached hydrogens (tertiary/aromatic N) is 2. The minimum atomic E-state index is -0.313. The van der Waals surface area contributed by atoms with Gasteiger partial charge in [-0.05, 0) is 24.8 Å². The first-order valence-corrected chi connectivity index (χ1v) is 7.50. The highest BCUT2D eigenvalue weighted by Crippen LogP contribution is 2.22. The second kappa shape index (κ2) is 6.62. The molecular weight excluding hydrogens is 276 g/mol. The van der Waals surface area contributed by atoms with Crippen LogP contribution in [0, 0.1) is 0 Å². The number of aromatic nitrogens is 2. The third-order valence-corrected chi connectivity index (χ3v) is 4.05. The topological polar surface area (TPSA) is 86.4 Å². The summed E-state index contributed by atoms with van der Waals surface area (Å²) in [5.74, 6) is 0.744. The van der Waals surface area contributed by atoms with Gasteiger partial charge in [-0.25, -0.2) is 0 Å². The third-order valence-electron chi connectivity index (χ3n) is 3.19. The number of nitrogens with two attached hydrogens (primary N) is 1. The van der Waals surface area contributed by atoms with E-state index in [1.54, 1.807) is 11.3 Å². The SMILES string of the molecule is CCC[NH+](Cc1nnc(-c2cccs2)o1)[C@H](C)C(N)=O. The quantitative estimate of drug-likeness (QED) is 0.777. The zero-order valence-corrected chi connectivity index (χ0v) is 12.4. The van der Waals surface area contributed by atoms with Crippen molar-refractivity contribution in [3.05, 3.63) is 23.4 Å². The molecule has 2 heterocycles. The first kappa shape index (κ1) is 14.7. The van der Waals surface area contributed by atoms with Crippen LogP contribution < -0.4 is 10.6 Å². The van der Waals surface area contributed by atoms with Crippen molar-refractivity contribution in [1.29, 1.82) is 0 Å². The molecule has 0 fully saturated rings. The van der Waals surface area contributed by atoms with Gasteiger partial charge in [0, 0.05) is 0 Å². The van der Waals surface area contributed by atoms with Gasteiger partial charge >= 0.3 is 0 Å². The predicted molar refractivity (Wildman–Crippen MR) is 76.1 cm³/mol. The monoisotopic (exact) mass is 295 g/mol. The van der Waals surface area contributed by atoms with E-state index in [1.165, 1.54) is 0 Å². The minimum Gasteiger partial charge on any atom is -0.414 e. The molecule has 7 heteroatoms. The largest absolute Gasteiger partial charge is 0.414 e. The summed E-state index contributed by atoms with van der Waals surface area (Å²) in [6.45, 7) is 5.24. The van der Waals surface area contributed by atoms with Gasteiger partial charge in [0.15, 0.2) is 12.6 Å². The highest BCUT2D eigenvalue weighted by Gasteiger charge is 2.24. The van der Waals surface area contributed by atoms with E-state index in [1.807, 2.05) is 24.4 Å². The lowest BCUT2D eigenvalue weighted by Gasteiger charge is -2.21. The predicted octanol–water partition coefficient (Wildman–Crippen LogP) is 0.467. The van der Waals surface area contributed by atoms with Gasteiger partial charge in [-0.3, -0.25) is 4.79 Å². The van der Waals surface area contributed by atoms with Gasteiger partial charge in [-0.15, -0.1) is 21.5 Å². The Kier molecular flexibility index (Phi) is 4.86. The van der Waals surface area contributed by atoms with E-state index in [2.05, 4.69) is 17.1 Å². The smallest absolute Gasteiger partial charge is 0.275 e. The summed E-state index contributed by atoms with van der Waals surface area (Å²) in [7, 11) is 0. The Labute approximate surface area is 121 Å². The summed E-state index contributed by atoms with van der Waals surface area (Å²) in [5.41, 5.74) is 5.38. The first-order valence-electron chi connectivity index (χ1n) is 6.62. The van der Waals surface area contributed by atoms with E-state index in [0.29, 0.717) is 18.3 Å². The van der Waals surface area contributed by atoms with Gasteiger partial charge < -0.3 is 15.1 Å². The molecule has 0 saturated heterocycles. The molecule has 2 atom stereocenters. The van der Waals surface area contributed by atoms with Crippen molar-refractivity contribution in [1.82, 2.24) is 10.2 Å². The average Bonchev–Trinajstić information content (AvgIpc) is 3.07. The number of nitrogens with one attached hydrogen (secondary N) is 1. The lowest BCUT2D eigenvalue weighted by atomic mass is 10.2. The van der Waals surface area contributed by atoms with E-state index < -0.39 is 0 Å². The maximum atomic E-state index is 11.3. The minimum absolute atomic E-state index is 0.271. The van der Waals surface area contributed by atoms with Gasteiger partial charge in [0.25, 0.3) is 17.7 Å². The lowest BCUT2D eigenvalue weighted by molar-refractivity contribution is -0.929. The number of amides is 1. The summed E-state index contributed by atoms with van der Waals surface area (Å²) >= 11 is 1.55. The first-order chi connectivity index (χ1) is 9.61. The lowest BCUT2D eigenvalue weighted by Crippen LogP contribution is -3.15. The van der Waals surface area contributed by atoms with Crippen molar-refractivity contribution in [2.45, 2.75) is 32.9 Å². The number of carbonyl (C=O) groups is 1. The van der Waals surface area contributed by atoms with E-state index in [4.69, 9.17) is 10.2 Å². The van der Waals surface area contributed by atoms with Crippen LogP contribution in [0.3, 0.4) is 0 Å². The molecular formula is C13H19N4O2S+. The zero-order chi connectivity index (χ0) is 14.5. The van der Waals surface area contributed by atoms with Crippen LogP contribution >= 0.6 is 11.3 Å². The van der Waals surface area contributed by atoms with Crippen LogP contribution in [0.1, 0.15) is 26.2 Å². The van der Waals surface area contributed by atoms with Crippen LogP contribution in [0.2, 0.25) is 0 Å². The Morgan fingerprint density at radius 1 is 1.55 bits per heavy atom. The summed E-state index contributed by atoms with van der Waals surface area (Å²) < 4.78 is 5.65. The molecule has 0 spiro atoms. The third kappa shape index (κ3) is 3.43. The van der Waals surface area contributed by atoms with Crippen LogP contribution in [-0.4, -0.2) is 28.7 Å². The molecule has 108 valence electrons. The van der Waals surface area contributed by atoms with Gasteiger partial charge in [-0.2, -0.15) is 0 Å². The zero-order valence-electron chi connectivity index (χ0n) is 11.6. The molecule has 0 aliphatic rings. The van der Waals surface area contributed by atoms with Crippen molar-refractivity contribution in [3.63, 3.8) is 0 Å². The molecule has 0 radical (unpaired) electrons. The van der Waals surface area contributed by atoms with Crippen molar-refractivity contribution < 1.29 is 14.1 Å². The second-order valence-electron chi connectivity index (χ2n) is 4.69. The molecule has 2 rings (SSSR count). The van der Waals surface area contributed by atoms with E-state index in [9.17, 15) is 4.79 Å². The Hall–Kier alpha value is -1.73. The van der Waals surface area contributed by atoms with Crippen molar-refractivity contribution in [2.24, 2.45) is 5.73 Å². The number of thiophene rings is 1. The Morgan fingerprint density at radius 3 is 2.95 bits per heavy atom. The molecule has 0 aromatic carbocycles. The van der Waals surface area contributed by atoms with Gasteiger partial charge in [0.05, 0.1) is 11.4 Å². The standard InChI is InChI=1S/C13H18N4O2S/c1-3-6-17(9(2)12(14)18)8-11-15-16-13(19-11)10-5-4-7-20-10/h4-5,7,9H,3,6,8H2,1-2H3,(H2,14,18)/p+1/t9-/m1/s1. The molecule has 2 aromatic rings. The molecule has 0 aliphatic heterocycles. The summed E-state index contributed by atoms with van der Waals surface area (Å²) in [6, 6.07) is 3.60. The van der Waals surface area contributed by atoms with Crippen LogP contribution in [0.5, 0.6) is 0 Å². The molecule has 6 nitrogen and oxygen atoms in total. The van der Waals surface area contributed by atoms with Crippen LogP contribution in [0.4, 0.5) is 0 Å². The van der Waals surface area contributed by atoms with Crippen LogP contribution in [-0.2, 0) is 11.3 Å². The van der Waals surface area contributed by atoms with E-state index >= 15 is 0 Å². The maximum absolute atomic E-state index is 11.3. The molecule has 1 amide bonds. The fourth-order valence-electron chi connectivity index (χ4n) is 2.00. The highest BCUT2D eigenvalue weighted by atomic mass is 32.1. The normalized spacial score (nSPS) is 14.1. The Balaban J connectivity index is 2.09. The molecule has 3 N–H and O–H groups in total. The number of hydrogen-bond acceptors (Lipinski definition) is 5. The maximum Gasteiger partial charge on any atom is 0.275 e. The fourth-order valence-corrected chi connectivity index (χ4v) is 2.64. The van der Waals surface area contributed by atoms with E-state index in [0.717, 1.165) is 22.7 Å². The Bertz CT molecular complexity index is 552. The molecule has 0 bridgehead atoms. The number of hydrogen-bond donors (Lipinski definition) is 2. The van der Waals surface area contributed by atoms with Gasteiger partial charge in [0.1, 0.15) is 0 Å². The Morgan fingerprint density at radius 2 is 2.35 bits per heavy atom.